The molecule has 1 aliphatic carbocycles. The summed E-state index contributed by atoms with van der Waals surface area (Å²) in [6.07, 6.45) is 15.5. The summed E-state index contributed by atoms with van der Waals surface area (Å²) in [4.78, 5) is 0. The van der Waals surface area contributed by atoms with Crippen molar-refractivity contribution in [3.8, 4) is 0 Å². The lowest BCUT2D eigenvalue weighted by Gasteiger charge is -2.24. The highest BCUT2D eigenvalue weighted by Gasteiger charge is 2.17. The molecule has 2 heteroatoms. The SMILES string of the molecule is NC(CCC1CCCCO1)C1=CCCCCC1. The molecule has 2 rings (SSSR count). The molecule has 0 aromatic carbocycles. The Kier molecular flexibility index (Phi) is 5.53. The highest BCUT2D eigenvalue weighted by atomic mass is 16.5. The number of hydrogen-bond acceptors (Lipinski definition) is 2. The van der Waals surface area contributed by atoms with Crippen molar-refractivity contribution in [2.75, 3.05) is 6.61 Å². The minimum absolute atomic E-state index is 0.290. The van der Waals surface area contributed by atoms with E-state index in [1.807, 2.05) is 0 Å². The zero-order chi connectivity index (χ0) is 11.9. The summed E-state index contributed by atoms with van der Waals surface area (Å²) in [5, 5.41) is 0. The summed E-state index contributed by atoms with van der Waals surface area (Å²) in [7, 11) is 0. The molecule has 2 N–H and O–H groups in total. The lowest BCUT2D eigenvalue weighted by atomic mass is 9.95. The number of ether oxygens (including phenoxy) is 1. The summed E-state index contributed by atoms with van der Waals surface area (Å²) in [5.41, 5.74) is 7.82. The largest absolute Gasteiger partial charge is 0.378 e. The average Bonchev–Trinajstić information content (AvgIpc) is 2.66. The topological polar surface area (TPSA) is 35.2 Å². The minimum Gasteiger partial charge on any atom is -0.378 e. The second kappa shape index (κ2) is 7.17. The molecule has 0 amide bonds. The maximum absolute atomic E-state index is 6.31. The van der Waals surface area contributed by atoms with E-state index < -0.39 is 0 Å². The van der Waals surface area contributed by atoms with E-state index in [-0.39, 0.29) is 0 Å². The third kappa shape index (κ3) is 4.44. The molecule has 2 atom stereocenters. The van der Waals surface area contributed by atoms with Crippen LogP contribution in [0.2, 0.25) is 0 Å². The van der Waals surface area contributed by atoms with Crippen molar-refractivity contribution in [3.63, 3.8) is 0 Å². The molecular weight excluding hydrogens is 210 g/mol. The van der Waals surface area contributed by atoms with Crippen LogP contribution < -0.4 is 5.73 Å². The number of rotatable bonds is 4. The molecule has 0 radical (unpaired) electrons. The lowest BCUT2D eigenvalue weighted by molar-refractivity contribution is 0.00956. The van der Waals surface area contributed by atoms with Crippen molar-refractivity contribution in [1.82, 2.24) is 0 Å². The van der Waals surface area contributed by atoms with E-state index in [0.717, 1.165) is 19.4 Å². The molecule has 17 heavy (non-hydrogen) atoms. The molecule has 2 unspecified atom stereocenters. The van der Waals surface area contributed by atoms with Crippen LogP contribution in [0.5, 0.6) is 0 Å². The molecule has 1 aliphatic heterocycles. The van der Waals surface area contributed by atoms with Gasteiger partial charge in [-0.15, -0.1) is 0 Å². The van der Waals surface area contributed by atoms with Crippen LogP contribution in [0.25, 0.3) is 0 Å². The fourth-order valence-corrected chi connectivity index (χ4v) is 2.96. The highest BCUT2D eigenvalue weighted by Crippen LogP contribution is 2.23. The summed E-state index contributed by atoms with van der Waals surface area (Å²) in [5.74, 6) is 0. The molecule has 0 spiro atoms. The Hall–Kier alpha value is -0.340. The van der Waals surface area contributed by atoms with E-state index >= 15 is 0 Å². The Balaban J connectivity index is 1.71. The van der Waals surface area contributed by atoms with E-state index in [4.69, 9.17) is 10.5 Å². The van der Waals surface area contributed by atoms with Gasteiger partial charge in [0.2, 0.25) is 0 Å². The molecule has 2 aliphatic rings. The molecule has 1 heterocycles. The van der Waals surface area contributed by atoms with E-state index in [2.05, 4.69) is 6.08 Å². The van der Waals surface area contributed by atoms with Gasteiger partial charge in [-0.05, 0) is 57.8 Å². The van der Waals surface area contributed by atoms with Crippen LogP contribution in [0, 0.1) is 0 Å². The Morgan fingerprint density at radius 3 is 3.00 bits per heavy atom. The standard InChI is InChI=1S/C15H27NO/c16-15(13-7-3-1-2-4-8-13)11-10-14-9-5-6-12-17-14/h7,14-15H,1-6,8-12,16H2. The number of nitrogens with two attached hydrogens (primary N) is 1. The molecule has 98 valence electrons. The molecule has 0 aromatic heterocycles. The van der Waals surface area contributed by atoms with Crippen LogP contribution in [0.3, 0.4) is 0 Å². The van der Waals surface area contributed by atoms with Gasteiger partial charge in [-0.1, -0.05) is 18.1 Å². The smallest absolute Gasteiger partial charge is 0.0575 e. The van der Waals surface area contributed by atoms with Gasteiger partial charge in [-0.3, -0.25) is 0 Å². The summed E-state index contributed by atoms with van der Waals surface area (Å²) in [6.45, 7) is 0.961. The zero-order valence-electron chi connectivity index (χ0n) is 11.0. The Morgan fingerprint density at radius 2 is 2.18 bits per heavy atom. The van der Waals surface area contributed by atoms with Crippen molar-refractivity contribution < 1.29 is 4.74 Å². The van der Waals surface area contributed by atoms with Gasteiger partial charge in [0.05, 0.1) is 6.10 Å². The highest BCUT2D eigenvalue weighted by molar-refractivity contribution is 5.11. The summed E-state index contributed by atoms with van der Waals surface area (Å²) >= 11 is 0. The van der Waals surface area contributed by atoms with Crippen LogP contribution in [0.4, 0.5) is 0 Å². The van der Waals surface area contributed by atoms with Crippen molar-refractivity contribution in [2.24, 2.45) is 5.73 Å². The summed E-state index contributed by atoms with van der Waals surface area (Å²) in [6, 6.07) is 0.290. The van der Waals surface area contributed by atoms with Gasteiger partial charge < -0.3 is 10.5 Å². The first-order valence-corrected chi connectivity index (χ1v) is 7.42. The lowest BCUT2D eigenvalue weighted by Crippen LogP contribution is -2.26. The molecule has 0 aromatic rings. The van der Waals surface area contributed by atoms with Gasteiger partial charge in [0.25, 0.3) is 0 Å². The molecule has 1 saturated heterocycles. The molecule has 2 nitrogen and oxygen atoms in total. The Morgan fingerprint density at radius 1 is 1.24 bits per heavy atom. The van der Waals surface area contributed by atoms with E-state index in [9.17, 15) is 0 Å². The van der Waals surface area contributed by atoms with Crippen LogP contribution in [-0.2, 0) is 4.74 Å². The summed E-state index contributed by atoms with van der Waals surface area (Å²) < 4.78 is 5.77. The normalized spacial score (nSPS) is 28.3. The fourth-order valence-electron chi connectivity index (χ4n) is 2.96. The molecule has 0 bridgehead atoms. The van der Waals surface area contributed by atoms with E-state index in [1.165, 1.54) is 56.9 Å². The van der Waals surface area contributed by atoms with Gasteiger partial charge in [0.15, 0.2) is 0 Å². The maximum Gasteiger partial charge on any atom is 0.0575 e. The van der Waals surface area contributed by atoms with E-state index in [0.29, 0.717) is 12.1 Å². The molecule has 1 fully saturated rings. The average molecular weight is 237 g/mol. The fraction of sp³-hybridized carbons (Fsp3) is 0.867. The zero-order valence-corrected chi connectivity index (χ0v) is 11.0. The third-order valence-electron chi connectivity index (χ3n) is 4.13. The Bertz CT molecular complexity index is 243. The predicted octanol–water partition coefficient (Wildman–Crippen LogP) is 3.55. The van der Waals surface area contributed by atoms with Crippen LogP contribution in [-0.4, -0.2) is 18.8 Å². The monoisotopic (exact) mass is 237 g/mol. The predicted molar refractivity (Wildman–Crippen MR) is 72.0 cm³/mol. The van der Waals surface area contributed by atoms with Crippen molar-refractivity contribution in [3.05, 3.63) is 11.6 Å². The van der Waals surface area contributed by atoms with E-state index in [1.54, 1.807) is 0 Å². The Labute approximate surface area is 106 Å². The van der Waals surface area contributed by atoms with Crippen LogP contribution >= 0.6 is 0 Å². The molecular formula is C15H27NO. The van der Waals surface area contributed by atoms with Gasteiger partial charge in [0.1, 0.15) is 0 Å². The first kappa shape index (κ1) is 13.1. The van der Waals surface area contributed by atoms with Gasteiger partial charge in [-0.25, -0.2) is 0 Å². The van der Waals surface area contributed by atoms with Gasteiger partial charge in [-0.2, -0.15) is 0 Å². The van der Waals surface area contributed by atoms with Gasteiger partial charge >= 0.3 is 0 Å². The first-order chi connectivity index (χ1) is 8.36. The number of allylic oxidation sites excluding steroid dienone is 1. The minimum atomic E-state index is 0.290. The van der Waals surface area contributed by atoms with Crippen LogP contribution in [0.15, 0.2) is 11.6 Å². The van der Waals surface area contributed by atoms with Crippen molar-refractivity contribution >= 4 is 0 Å². The maximum atomic E-state index is 6.31. The van der Waals surface area contributed by atoms with Crippen LogP contribution in [0.1, 0.15) is 64.2 Å². The quantitative estimate of drug-likeness (QED) is 0.759. The molecule has 0 saturated carbocycles. The van der Waals surface area contributed by atoms with Crippen molar-refractivity contribution in [1.29, 1.82) is 0 Å². The first-order valence-electron chi connectivity index (χ1n) is 7.42. The third-order valence-corrected chi connectivity index (χ3v) is 4.13. The second-order valence-electron chi connectivity index (χ2n) is 5.55. The second-order valence-corrected chi connectivity index (χ2v) is 5.55. The van der Waals surface area contributed by atoms with Crippen molar-refractivity contribution in [2.45, 2.75) is 76.4 Å². The number of hydrogen-bond donors (Lipinski definition) is 1. The van der Waals surface area contributed by atoms with Gasteiger partial charge in [0, 0.05) is 12.6 Å².